The van der Waals surface area contributed by atoms with Crippen LogP contribution in [0.3, 0.4) is 0 Å². The predicted molar refractivity (Wildman–Crippen MR) is 141 cm³/mol. The second kappa shape index (κ2) is 9.50. The average Bonchev–Trinajstić information content (AvgIpc) is 3.43. The van der Waals surface area contributed by atoms with Gasteiger partial charge in [-0.05, 0) is 55.0 Å². The number of ether oxygens (including phenoxy) is 1. The molecule has 2 aliphatic heterocycles. The van der Waals surface area contributed by atoms with Gasteiger partial charge in [0.25, 0.3) is 5.91 Å². The maximum Gasteiger partial charge on any atom is 0.266 e. The Labute approximate surface area is 219 Å². The molecule has 7 nitrogen and oxygen atoms in total. The third kappa shape index (κ3) is 4.00. The summed E-state index contributed by atoms with van der Waals surface area (Å²) < 4.78 is 5.65. The van der Waals surface area contributed by atoms with Crippen molar-refractivity contribution in [2.45, 2.75) is 25.5 Å². The van der Waals surface area contributed by atoms with Gasteiger partial charge in [-0.25, -0.2) is 14.9 Å². The average molecular weight is 514 g/mol. The molecule has 6 rings (SSSR count). The number of benzene rings is 3. The Kier molecular flexibility index (Phi) is 6.02. The van der Waals surface area contributed by atoms with Crippen molar-refractivity contribution >= 4 is 45.7 Å². The molecule has 0 spiro atoms. The van der Waals surface area contributed by atoms with Gasteiger partial charge in [-0.15, -0.1) is 0 Å². The maximum absolute atomic E-state index is 13.9. The maximum atomic E-state index is 13.9. The molecule has 0 aliphatic carbocycles. The molecule has 186 valence electrons. The Hall–Kier alpha value is -3.94. The van der Waals surface area contributed by atoms with Gasteiger partial charge in [-0.2, -0.15) is 0 Å². The summed E-state index contributed by atoms with van der Waals surface area (Å²) in [4.78, 5) is 39.5. The lowest BCUT2D eigenvalue weighted by molar-refractivity contribution is -0.126. The molecule has 2 aliphatic rings. The monoisotopic (exact) mass is 513 g/mol. The van der Waals surface area contributed by atoms with Crippen LogP contribution in [0.2, 0.25) is 5.15 Å². The predicted octanol–water partition coefficient (Wildman–Crippen LogP) is 5.73. The van der Waals surface area contributed by atoms with Crippen LogP contribution >= 0.6 is 11.6 Å². The van der Waals surface area contributed by atoms with E-state index in [1.54, 1.807) is 29.3 Å². The minimum absolute atomic E-state index is 0.269. The molecule has 0 radical (unpaired) electrons. The highest BCUT2D eigenvalue weighted by molar-refractivity contribution is 6.31. The van der Waals surface area contributed by atoms with Gasteiger partial charge in [0, 0.05) is 10.9 Å². The van der Waals surface area contributed by atoms with Crippen LogP contribution < -0.4 is 14.7 Å². The van der Waals surface area contributed by atoms with Gasteiger partial charge in [0.15, 0.2) is 6.10 Å². The van der Waals surface area contributed by atoms with E-state index in [9.17, 15) is 9.59 Å². The number of rotatable bonds is 6. The van der Waals surface area contributed by atoms with Crippen molar-refractivity contribution in [2.24, 2.45) is 5.92 Å². The highest BCUT2D eigenvalue weighted by atomic mass is 35.5. The smallest absolute Gasteiger partial charge is 0.266 e. The van der Waals surface area contributed by atoms with Gasteiger partial charge in [0.05, 0.1) is 29.5 Å². The fourth-order valence-electron chi connectivity index (χ4n) is 5.01. The van der Waals surface area contributed by atoms with E-state index in [2.05, 4.69) is 4.98 Å². The molecule has 2 fully saturated rings. The highest BCUT2D eigenvalue weighted by Crippen LogP contribution is 2.49. The molecule has 0 bridgehead atoms. The van der Waals surface area contributed by atoms with E-state index in [1.807, 2.05) is 67.6 Å². The number of aromatic nitrogens is 1. The molecule has 1 aromatic heterocycles. The lowest BCUT2D eigenvalue weighted by Gasteiger charge is -2.29. The molecule has 3 heterocycles. The van der Waals surface area contributed by atoms with Gasteiger partial charge in [-0.1, -0.05) is 54.9 Å². The summed E-state index contributed by atoms with van der Waals surface area (Å²) in [6.07, 6.45) is -0.104. The van der Waals surface area contributed by atoms with Crippen molar-refractivity contribution in [3.05, 3.63) is 95.6 Å². The summed E-state index contributed by atoms with van der Waals surface area (Å²) in [6, 6.07) is 25.3. The first kappa shape index (κ1) is 23.5. The molecule has 2 saturated heterocycles. The first-order valence-electron chi connectivity index (χ1n) is 12.2. The van der Waals surface area contributed by atoms with E-state index >= 15 is 0 Å². The van der Waals surface area contributed by atoms with Crippen LogP contribution in [-0.4, -0.2) is 29.5 Å². The lowest BCUT2D eigenvalue weighted by atomic mass is 9.90. The van der Waals surface area contributed by atoms with Gasteiger partial charge < -0.3 is 4.74 Å². The number of hydrogen-bond donors (Lipinski definition) is 0. The molecule has 0 N–H and O–H groups in total. The Morgan fingerprint density at radius 2 is 1.65 bits per heavy atom. The van der Waals surface area contributed by atoms with E-state index in [4.69, 9.17) is 21.2 Å². The summed E-state index contributed by atoms with van der Waals surface area (Å²) in [5.74, 6) is -0.872. The Balaban J connectivity index is 1.42. The first-order chi connectivity index (χ1) is 18.1. The summed E-state index contributed by atoms with van der Waals surface area (Å²) in [7, 11) is 0. The first-order valence-corrected chi connectivity index (χ1v) is 12.6. The van der Waals surface area contributed by atoms with E-state index < -0.39 is 24.0 Å². The quantitative estimate of drug-likeness (QED) is 0.242. The molecule has 37 heavy (non-hydrogen) atoms. The number of hydrogen-bond acceptors (Lipinski definition) is 6. The zero-order valence-electron chi connectivity index (χ0n) is 20.1. The van der Waals surface area contributed by atoms with Crippen molar-refractivity contribution in [3.8, 4) is 5.75 Å². The number of anilines is 2. The van der Waals surface area contributed by atoms with Crippen molar-refractivity contribution < 1.29 is 19.2 Å². The van der Waals surface area contributed by atoms with Gasteiger partial charge >= 0.3 is 0 Å². The topological polar surface area (TPSA) is 72.0 Å². The molecule has 0 saturated carbocycles. The van der Waals surface area contributed by atoms with Crippen LogP contribution in [0.15, 0.2) is 84.9 Å². The van der Waals surface area contributed by atoms with E-state index in [1.165, 1.54) is 4.90 Å². The van der Waals surface area contributed by atoms with Crippen molar-refractivity contribution in [1.29, 1.82) is 0 Å². The van der Waals surface area contributed by atoms with Crippen molar-refractivity contribution in [3.63, 3.8) is 0 Å². The largest absolute Gasteiger partial charge is 0.494 e. The van der Waals surface area contributed by atoms with Gasteiger partial charge in [-0.3, -0.25) is 14.4 Å². The van der Waals surface area contributed by atoms with E-state index in [-0.39, 0.29) is 11.1 Å². The number of imide groups is 1. The summed E-state index contributed by atoms with van der Waals surface area (Å²) in [5.41, 5.74) is 2.57. The normalized spacial score (nSPS) is 21.1. The Morgan fingerprint density at radius 1 is 0.919 bits per heavy atom. The standard InChI is InChI=1S/C29H24ClN3O4/c1-2-16-36-21-14-12-19(13-15-21)32-28(34)24-25(22-17-18-8-6-7-11-23(18)31-27(22)30)33(37-26(24)29(32)35)20-9-4-3-5-10-20/h3-15,17,24-26H,2,16H2,1H3/t24-,25-,26-/m1/s1. The number of nitrogens with zero attached hydrogens (tertiary/aromatic N) is 3. The highest BCUT2D eigenvalue weighted by Gasteiger charge is 2.60. The van der Waals surface area contributed by atoms with Crippen molar-refractivity contribution in [2.75, 3.05) is 16.6 Å². The molecule has 4 aromatic rings. The fraction of sp³-hybridized carbons (Fsp3) is 0.207. The molecular formula is C29H24ClN3O4. The lowest BCUT2D eigenvalue weighted by Crippen LogP contribution is -2.37. The third-order valence-electron chi connectivity index (χ3n) is 6.72. The number of pyridine rings is 1. The number of amides is 2. The summed E-state index contributed by atoms with van der Waals surface area (Å²) >= 11 is 6.71. The number of carbonyl (C=O) groups excluding carboxylic acids is 2. The fourth-order valence-corrected chi connectivity index (χ4v) is 5.27. The van der Waals surface area contributed by atoms with E-state index in [0.29, 0.717) is 23.6 Å². The van der Waals surface area contributed by atoms with Crippen LogP contribution in [0.1, 0.15) is 24.9 Å². The molecule has 0 unspecified atom stereocenters. The number of halogens is 1. The minimum Gasteiger partial charge on any atom is -0.494 e. The van der Waals surface area contributed by atoms with Crippen LogP contribution in [0, 0.1) is 5.92 Å². The SMILES string of the molecule is CCCOc1ccc(N2C(=O)[C@@H]3[C@@H](c4cc5ccccc5nc4Cl)N(c4ccccc4)O[C@H]3C2=O)cc1. The summed E-state index contributed by atoms with van der Waals surface area (Å²) in [5, 5.41) is 2.78. The van der Waals surface area contributed by atoms with Gasteiger partial charge in [0.2, 0.25) is 5.91 Å². The Morgan fingerprint density at radius 3 is 2.41 bits per heavy atom. The number of fused-ring (bicyclic) bond motifs is 2. The van der Waals surface area contributed by atoms with Crippen LogP contribution in [0.5, 0.6) is 5.75 Å². The number of hydroxylamine groups is 1. The number of para-hydroxylation sites is 2. The van der Waals surface area contributed by atoms with Crippen LogP contribution in [0.25, 0.3) is 10.9 Å². The Bertz CT molecular complexity index is 1480. The third-order valence-corrected chi connectivity index (χ3v) is 7.02. The second-order valence-corrected chi connectivity index (χ2v) is 9.43. The van der Waals surface area contributed by atoms with E-state index in [0.717, 1.165) is 23.0 Å². The molecule has 3 aromatic carbocycles. The zero-order valence-corrected chi connectivity index (χ0v) is 20.8. The number of carbonyl (C=O) groups is 2. The summed E-state index contributed by atoms with van der Waals surface area (Å²) in [6.45, 7) is 2.62. The molecular weight excluding hydrogens is 490 g/mol. The zero-order chi connectivity index (χ0) is 25.5. The van der Waals surface area contributed by atoms with Crippen LogP contribution in [-0.2, 0) is 14.4 Å². The molecule has 2 amide bonds. The second-order valence-electron chi connectivity index (χ2n) is 9.07. The molecule has 8 heteroatoms. The van der Waals surface area contributed by atoms with Crippen LogP contribution in [0.4, 0.5) is 11.4 Å². The molecule has 3 atom stereocenters. The van der Waals surface area contributed by atoms with Crippen molar-refractivity contribution in [1.82, 2.24) is 4.98 Å². The minimum atomic E-state index is -0.990. The van der Waals surface area contributed by atoms with Gasteiger partial charge in [0.1, 0.15) is 16.8 Å².